The van der Waals surface area contributed by atoms with Crippen molar-refractivity contribution in [2.75, 3.05) is 19.8 Å². The first-order valence-corrected chi connectivity index (χ1v) is 13.7. The molecule has 0 spiro atoms. The van der Waals surface area contributed by atoms with E-state index in [0.717, 1.165) is 0 Å². The van der Waals surface area contributed by atoms with Gasteiger partial charge in [0.2, 0.25) is 0 Å². The van der Waals surface area contributed by atoms with Gasteiger partial charge in [-0.05, 0) is 6.92 Å². The number of aliphatic carboxylic acids is 1. The molecule has 23 heteroatoms. The molecule has 276 valence electrons. The fraction of sp³-hybridized carbons (Fsp3) is 0.833. The number of carbonyl (C=O) groups is 2. The number of halogens is 5. The molecule has 2 heterocycles. The van der Waals surface area contributed by atoms with Gasteiger partial charge < -0.3 is 72.9 Å². The maximum absolute atomic E-state index is 14.9. The maximum Gasteiger partial charge on any atom is 0.375 e. The van der Waals surface area contributed by atoms with Crippen molar-refractivity contribution in [1.82, 2.24) is 0 Å². The fourth-order valence-electron chi connectivity index (χ4n) is 4.79. The number of rotatable bonds is 11. The lowest BCUT2D eigenvalue weighted by atomic mass is 9.82. The topological polar surface area (TPSA) is 332 Å². The monoisotopic (exact) mass is 718 g/mol. The average Bonchev–Trinajstić information content (AvgIpc) is 2.99. The number of guanidine groups is 2. The van der Waals surface area contributed by atoms with Crippen molar-refractivity contribution in [3.8, 4) is 0 Å². The highest BCUT2D eigenvalue weighted by atomic mass is 35.5. The van der Waals surface area contributed by atoms with Gasteiger partial charge >= 0.3 is 23.6 Å². The molecule has 0 saturated carbocycles. The Morgan fingerprint density at radius 2 is 1.15 bits per heavy atom. The number of aliphatic hydroxyl groups excluding tert-OH is 6. The number of ether oxygens (including phenoxy) is 3. The molecule has 2 aliphatic rings. The Bertz CT molecular complexity index is 1100. The van der Waals surface area contributed by atoms with E-state index < -0.39 is 122 Å². The predicted molar refractivity (Wildman–Crippen MR) is 154 cm³/mol. The number of nitrogens with zero attached hydrogens (tertiary/aromatic N) is 2. The molecule has 2 rings (SSSR count). The summed E-state index contributed by atoms with van der Waals surface area (Å²) in [6, 6.07) is -3.24. The van der Waals surface area contributed by atoms with E-state index in [1.807, 2.05) is 0 Å². The maximum atomic E-state index is 14.9. The smallest absolute Gasteiger partial charge is 0.375 e. The highest BCUT2D eigenvalue weighted by Gasteiger charge is 2.63. The number of carboxylic acid groups (broad SMARTS) is 1. The molecule has 14 atom stereocenters. The van der Waals surface area contributed by atoms with Gasteiger partial charge in [-0.2, -0.15) is 8.78 Å². The number of aliphatic imine (C=N–C) groups is 2. The average molecular weight is 719 g/mol. The molecule has 0 aromatic rings. The molecule has 0 bridgehead atoms. The second-order valence-electron chi connectivity index (χ2n) is 10.6. The molecule has 10 unspecified atom stereocenters. The Morgan fingerprint density at radius 1 is 0.809 bits per heavy atom. The van der Waals surface area contributed by atoms with Crippen LogP contribution in [0.4, 0.5) is 17.6 Å². The van der Waals surface area contributed by atoms with Crippen LogP contribution < -0.4 is 22.9 Å². The summed E-state index contributed by atoms with van der Waals surface area (Å²) in [5.74, 6) is -14.6. The Labute approximate surface area is 271 Å². The van der Waals surface area contributed by atoms with E-state index in [0.29, 0.717) is 0 Å². The van der Waals surface area contributed by atoms with Gasteiger partial charge in [-0.15, -0.1) is 12.4 Å². The van der Waals surface area contributed by atoms with Gasteiger partial charge in [0.25, 0.3) is 0 Å². The lowest BCUT2D eigenvalue weighted by Gasteiger charge is -2.45. The van der Waals surface area contributed by atoms with Gasteiger partial charge in [0.1, 0.15) is 24.4 Å². The van der Waals surface area contributed by atoms with Gasteiger partial charge in [-0.3, -0.25) is 0 Å². The number of esters is 1. The second-order valence-corrected chi connectivity index (χ2v) is 10.6. The number of hydrogen-bond donors (Lipinski definition) is 11. The number of carbonyl (C=O) groups excluding carboxylic acids is 1. The number of nitrogens with two attached hydrogens (primary N) is 4. The molecule has 47 heavy (non-hydrogen) atoms. The Morgan fingerprint density at radius 3 is 1.45 bits per heavy atom. The second kappa shape index (κ2) is 18.1. The van der Waals surface area contributed by atoms with Gasteiger partial charge in [-0.1, -0.05) is 13.8 Å². The van der Waals surface area contributed by atoms with E-state index >= 15 is 0 Å². The van der Waals surface area contributed by atoms with E-state index in [4.69, 9.17) is 43.0 Å². The third kappa shape index (κ3) is 9.85. The molecule has 0 aliphatic carbocycles. The molecular weight excluding hydrogens is 676 g/mol. The first-order chi connectivity index (χ1) is 21.2. The van der Waals surface area contributed by atoms with E-state index in [1.165, 1.54) is 20.8 Å². The zero-order valence-electron chi connectivity index (χ0n) is 25.3. The van der Waals surface area contributed by atoms with Crippen LogP contribution in [-0.4, -0.2) is 152 Å². The van der Waals surface area contributed by atoms with Crippen LogP contribution >= 0.6 is 12.4 Å². The summed E-state index contributed by atoms with van der Waals surface area (Å²) >= 11 is 0. The van der Waals surface area contributed by atoms with E-state index in [9.17, 15) is 47.6 Å². The standard InChI is InChI=1S/C13H23F2N3O6.C11H19F2N3O6.ClH/c1-3-23-11(22)13(15)10(14)7(18-12(16)17)5(2)9(24-13)8(21)6(20)4-19;1-3-5(16-10(14)15)8(12)11(13,9(20)21)22-7(3)6(19)4(18)2-17;/h5-10,19-21H,3-4H2,1-2H3,(H4,16,17,18);3-8,17-19H,2H2,1H3,(H,20,21)(H4,14,15,16);1H/t5?,6-,7?,8-,9?,10?,13?;3?,4-,5?,6-,7?,8?,11?;/m11./s1. The first kappa shape index (κ1) is 44.2. The molecule has 2 saturated heterocycles. The van der Waals surface area contributed by atoms with E-state index in [2.05, 4.69) is 19.5 Å². The molecule has 18 nitrogen and oxygen atoms in total. The van der Waals surface area contributed by atoms with Crippen LogP contribution in [0.1, 0.15) is 20.8 Å². The minimum absolute atomic E-state index is 0. The van der Waals surface area contributed by atoms with Gasteiger partial charge in [0.15, 0.2) is 24.3 Å². The summed E-state index contributed by atoms with van der Waals surface area (Å²) in [6.45, 7) is 2.00. The summed E-state index contributed by atoms with van der Waals surface area (Å²) in [7, 11) is 0. The number of aliphatic hydroxyl groups is 6. The van der Waals surface area contributed by atoms with Gasteiger partial charge in [0, 0.05) is 11.8 Å². The van der Waals surface area contributed by atoms with Gasteiger partial charge in [0.05, 0.1) is 44.1 Å². The van der Waals surface area contributed by atoms with Crippen molar-refractivity contribution >= 4 is 36.3 Å². The first-order valence-electron chi connectivity index (χ1n) is 13.7. The Balaban J connectivity index is 0.000000885. The molecule has 0 amide bonds. The number of alkyl halides is 4. The van der Waals surface area contributed by atoms with Crippen molar-refractivity contribution < 1.29 is 77.1 Å². The SMILES string of the molecule is CC1C(N=C(N)N)C(F)C(F)(C(=O)O)OC1[C@H](O)[C@H](O)CO.CCOC(=O)C1(F)OC([C@H](O)[C@H](O)CO)C(C)C(N=C(N)N)C1F.Cl. The van der Waals surface area contributed by atoms with Crippen molar-refractivity contribution in [2.24, 2.45) is 44.8 Å². The van der Waals surface area contributed by atoms with Crippen molar-refractivity contribution in [2.45, 2.75) is 93.5 Å². The van der Waals surface area contributed by atoms with Crippen molar-refractivity contribution in [3.63, 3.8) is 0 Å². The summed E-state index contributed by atoms with van der Waals surface area (Å²) in [5.41, 5.74) is 20.7. The van der Waals surface area contributed by atoms with E-state index in [1.54, 1.807) is 0 Å². The third-order valence-corrected chi connectivity index (χ3v) is 7.32. The fourth-order valence-corrected chi connectivity index (χ4v) is 4.79. The minimum Gasteiger partial charge on any atom is -0.477 e. The molecule has 0 aromatic carbocycles. The van der Waals surface area contributed by atoms with Crippen LogP contribution in [0.25, 0.3) is 0 Å². The molecule has 2 fully saturated rings. The van der Waals surface area contributed by atoms with Crippen LogP contribution in [0.5, 0.6) is 0 Å². The highest BCUT2D eigenvalue weighted by molar-refractivity contribution is 5.85. The van der Waals surface area contributed by atoms with Gasteiger partial charge in [-0.25, -0.2) is 28.4 Å². The van der Waals surface area contributed by atoms with Crippen LogP contribution in [0.15, 0.2) is 9.98 Å². The number of carboxylic acids is 1. The quantitative estimate of drug-likeness (QED) is 0.0418. The van der Waals surface area contributed by atoms with Crippen molar-refractivity contribution in [1.29, 1.82) is 0 Å². The normalized spacial score (nSPS) is 36.1. The summed E-state index contributed by atoms with van der Waals surface area (Å²) in [5, 5.41) is 65.4. The lowest BCUT2D eigenvalue weighted by molar-refractivity contribution is -0.284. The molecule has 0 radical (unpaired) electrons. The third-order valence-electron chi connectivity index (χ3n) is 7.32. The predicted octanol–water partition coefficient (Wildman–Crippen LogP) is -4.17. The van der Waals surface area contributed by atoms with E-state index in [-0.39, 0.29) is 19.0 Å². The summed E-state index contributed by atoms with van der Waals surface area (Å²) in [6.07, 6.45) is -15.7. The minimum atomic E-state index is -3.81. The zero-order valence-corrected chi connectivity index (χ0v) is 26.2. The highest BCUT2D eigenvalue weighted by Crippen LogP contribution is 2.41. The largest absolute Gasteiger partial charge is 0.477 e. The molecular formula is C24H43ClF4N6O12. The molecule has 0 aromatic heterocycles. The zero-order chi connectivity index (χ0) is 35.9. The Kier molecular flexibility index (Phi) is 17.0. The molecule has 2 aliphatic heterocycles. The lowest BCUT2D eigenvalue weighted by Crippen LogP contribution is -2.65. The van der Waals surface area contributed by atoms with Crippen LogP contribution in [0.2, 0.25) is 0 Å². The summed E-state index contributed by atoms with van der Waals surface area (Å²) in [4.78, 5) is 29.8. The summed E-state index contributed by atoms with van der Waals surface area (Å²) < 4.78 is 71.9. The van der Waals surface area contributed by atoms with Crippen LogP contribution in [0, 0.1) is 11.8 Å². The Hall–Kier alpha value is -2.83. The van der Waals surface area contributed by atoms with Crippen LogP contribution in [-0.2, 0) is 23.8 Å². The molecule has 15 N–H and O–H groups in total. The number of hydrogen-bond acceptors (Lipinski definition) is 13. The van der Waals surface area contributed by atoms with Crippen molar-refractivity contribution in [3.05, 3.63) is 0 Å². The van der Waals surface area contributed by atoms with Crippen LogP contribution in [0.3, 0.4) is 0 Å².